The van der Waals surface area contributed by atoms with Gasteiger partial charge in [-0.2, -0.15) is 13.2 Å². The summed E-state index contributed by atoms with van der Waals surface area (Å²) in [7, 11) is 1.73. The van der Waals surface area contributed by atoms with Crippen LogP contribution in [-0.2, 0) is 17.5 Å². The number of halogens is 3. The fourth-order valence-corrected chi connectivity index (χ4v) is 2.31. The van der Waals surface area contributed by atoms with Crippen LogP contribution in [0.25, 0.3) is 0 Å². The summed E-state index contributed by atoms with van der Waals surface area (Å²) in [5.41, 5.74) is 0.0244. The standard InChI is InChI=1S/C17H19F3N2O2/c1-12(15-4-3-9-24-15)21-16(23)11-22(2)10-13-5-7-14(8-6-13)17(18,19)20/h3-9,12H,10-11H2,1-2H3,(H,21,23). The number of amides is 1. The minimum atomic E-state index is -4.34. The van der Waals surface area contributed by atoms with Gasteiger partial charge in [0.05, 0.1) is 24.4 Å². The van der Waals surface area contributed by atoms with Gasteiger partial charge in [-0.3, -0.25) is 9.69 Å². The van der Waals surface area contributed by atoms with Gasteiger partial charge in [-0.25, -0.2) is 0 Å². The van der Waals surface area contributed by atoms with E-state index in [4.69, 9.17) is 4.42 Å². The highest BCUT2D eigenvalue weighted by molar-refractivity contribution is 5.78. The first-order valence-corrected chi connectivity index (χ1v) is 7.43. The van der Waals surface area contributed by atoms with E-state index in [9.17, 15) is 18.0 Å². The minimum Gasteiger partial charge on any atom is -0.467 e. The number of carbonyl (C=O) groups is 1. The van der Waals surface area contributed by atoms with Gasteiger partial charge >= 0.3 is 6.18 Å². The van der Waals surface area contributed by atoms with Gasteiger partial charge in [0.15, 0.2) is 0 Å². The van der Waals surface area contributed by atoms with Gasteiger partial charge in [-0.1, -0.05) is 12.1 Å². The van der Waals surface area contributed by atoms with Gasteiger partial charge in [0, 0.05) is 6.54 Å². The molecule has 1 atom stereocenters. The van der Waals surface area contributed by atoms with Crippen LogP contribution in [-0.4, -0.2) is 24.4 Å². The second-order valence-electron chi connectivity index (χ2n) is 5.67. The molecular formula is C17H19F3N2O2. The lowest BCUT2D eigenvalue weighted by atomic mass is 10.1. The lowest BCUT2D eigenvalue weighted by Gasteiger charge is -2.18. The van der Waals surface area contributed by atoms with Crippen molar-refractivity contribution in [3.63, 3.8) is 0 Å². The summed E-state index contributed by atoms with van der Waals surface area (Å²) in [4.78, 5) is 13.7. The molecule has 2 aromatic rings. The van der Waals surface area contributed by atoms with E-state index >= 15 is 0 Å². The molecular weight excluding hydrogens is 321 g/mol. The summed E-state index contributed by atoms with van der Waals surface area (Å²) in [5, 5.41) is 2.80. The number of alkyl halides is 3. The predicted molar refractivity (Wildman–Crippen MR) is 83.0 cm³/mol. The van der Waals surface area contributed by atoms with Gasteiger partial charge in [-0.15, -0.1) is 0 Å². The number of likely N-dealkylation sites (N-methyl/N-ethyl adjacent to an activating group) is 1. The summed E-state index contributed by atoms with van der Waals surface area (Å²) < 4.78 is 42.8. The Bertz CT molecular complexity index is 651. The average molecular weight is 340 g/mol. The second kappa shape index (κ2) is 7.53. The zero-order chi connectivity index (χ0) is 17.7. The quantitative estimate of drug-likeness (QED) is 0.874. The summed E-state index contributed by atoms with van der Waals surface area (Å²) in [6.07, 6.45) is -2.80. The van der Waals surface area contributed by atoms with Crippen LogP contribution in [0.15, 0.2) is 47.1 Å². The lowest BCUT2D eigenvalue weighted by molar-refractivity contribution is -0.137. The van der Waals surface area contributed by atoms with Crippen molar-refractivity contribution in [2.24, 2.45) is 0 Å². The molecule has 4 nitrogen and oxygen atoms in total. The van der Waals surface area contributed by atoms with E-state index in [2.05, 4.69) is 5.32 Å². The maximum absolute atomic E-state index is 12.5. The van der Waals surface area contributed by atoms with Gasteiger partial charge in [-0.05, 0) is 43.8 Å². The molecule has 0 saturated heterocycles. The zero-order valence-electron chi connectivity index (χ0n) is 13.4. The summed E-state index contributed by atoms with van der Waals surface area (Å²) in [6.45, 7) is 2.32. The van der Waals surface area contributed by atoms with Crippen molar-refractivity contribution in [1.82, 2.24) is 10.2 Å². The monoisotopic (exact) mass is 340 g/mol. The third kappa shape index (κ3) is 5.13. The average Bonchev–Trinajstić information content (AvgIpc) is 3.00. The molecule has 1 amide bonds. The first kappa shape index (κ1) is 18.1. The zero-order valence-corrected chi connectivity index (χ0v) is 13.4. The summed E-state index contributed by atoms with van der Waals surface area (Å²) >= 11 is 0. The van der Waals surface area contributed by atoms with E-state index in [-0.39, 0.29) is 18.5 Å². The number of rotatable bonds is 6. The van der Waals surface area contributed by atoms with Crippen molar-refractivity contribution in [2.45, 2.75) is 25.7 Å². The number of nitrogens with zero attached hydrogens (tertiary/aromatic N) is 1. The topological polar surface area (TPSA) is 45.5 Å². The molecule has 0 aliphatic heterocycles. The Balaban J connectivity index is 1.84. The molecule has 1 N–H and O–H groups in total. The molecule has 1 aromatic carbocycles. The fraction of sp³-hybridized carbons (Fsp3) is 0.353. The highest BCUT2D eigenvalue weighted by Gasteiger charge is 2.29. The van der Waals surface area contributed by atoms with Crippen molar-refractivity contribution in [3.05, 3.63) is 59.5 Å². The number of hydrogen-bond acceptors (Lipinski definition) is 3. The van der Waals surface area contributed by atoms with Crippen LogP contribution in [0.5, 0.6) is 0 Å². The Morgan fingerprint density at radius 3 is 2.46 bits per heavy atom. The van der Waals surface area contributed by atoms with Gasteiger partial charge in [0.25, 0.3) is 0 Å². The van der Waals surface area contributed by atoms with Crippen molar-refractivity contribution >= 4 is 5.91 Å². The predicted octanol–water partition coefficient (Wildman–Crippen LogP) is 3.61. The van der Waals surface area contributed by atoms with Crippen LogP contribution in [0, 0.1) is 0 Å². The molecule has 0 bridgehead atoms. The molecule has 0 saturated carbocycles. The number of hydrogen-bond donors (Lipinski definition) is 1. The SMILES string of the molecule is CC(NC(=O)CN(C)Cc1ccc(C(F)(F)F)cc1)c1ccco1. The van der Waals surface area contributed by atoms with E-state index in [1.165, 1.54) is 18.4 Å². The van der Waals surface area contributed by atoms with Crippen molar-refractivity contribution in [2.75, 3.05) is 13.6 Å². The van der Waals surface area contributed by atoms with Crippen LogP contribution in [0.2, 0.25) is 0 Å². The number of carbonyl (C=O) groups excluding carboxylic acids is 1. The first-order chi connectivity index (χ1) is 11.3. The Morgan fingerprint density at radius 1 is 1.25 bits per heavy atom. The van der Waals surface area contributed by atoms with Crippen LogP contribution in [0.3, 0.4) is 0 Å². The molecule has 0 aliphatic rings. The van der Waals surface area contributed by atoms with Crippen molar-refractivity contribution in [1.29, 1.82) is 0 Å². The molecule has 1 unspecified atom stereocenters. The van der Waals surface area contributed by atoms with Crippen molar-refractivity contribution < 1.29 is 22.4 Å². The van der Waals surface area contributed by atoms with Crippen molar-refractivity contribution in [3.8, 4) is 0 Å². The summed E-state index contributed by atoms with van der Waals surface area (Å²) in [5.74, 6) is 0.474. The Morgan fingerprint density at radius 2 is 1.92 bits per heavy atom. The van der Waals surface area contributed by atoms with Gasteiger partial charge < -0.3 is 9.73 Å². The molecule has 7 heteroatoms. The van der Waals surface area contributed by atoms with Crippen LogP contribution < -0.4 is 5.32 Å². The van der Waals surface area contributed by atoms with Crippen LogP contribution >= 0.6 is 0 Å². The van der Waals surface area contributed by atoms with E-state index in [0.29, 0.717) is 17.9 Å². The minimum absolute atomic E-state index is 0.131. The highest BCUT2D eigenvalue weighted by atomic mass is 19.4. The Kier molecular flexibility index (Phi) is 5.66. The van der Waals surface area contributed by atoms with Crippen LogP contribution in [0.1, 0.15) is 29.9 Å². The van der Waals surface area contributed by atoms with E-state index in [1.807, 2.05) is 6.92 Å². The Labute approximate surface area is 138 Å². The third-order valence-electron chi connectivity index (χ3n) is 3.49. The summed E-state index contributed by atoms with van der Waals surface area (Å²) in [6, 6.07) is 8.20. The fourth-order valence-electron chi connectivity index (χ4n) is 2.31. The molecule has 1 aromatic heterocycles. The van der Waals surface area contributed by atoms with E-state index in [0.717, 1.165) is 12.1 Å². The largest absolute Gasteiger partial charge is 0.467 e. The number of furan rings is 1. The first-order valence-electron chi connectivity index (χ1n) is 7.43. The molecule has 2 rings (SSSR count). The second-order valence-corrected chi connectivity index (χ2v) is 5.67. The molecule has 0 spiro atoms. The maximum atomic E-state index is 12.5. The lowest BCUT2D eigenvalue weighted by Crippen LogP contribution is -2.36. The van der Waals surface area contributed by atoms with E-state index in [1.54, 1.807) is 24.1 Å². The van der Waals surface area contributed by atoms with Gasteiger partial charge in [0.1, 0.15) is 5.76 Å². The Hall–Kier alpha value is -2.28. The van der Waals surface area contributed by atoms with E-state index < -0.39 is 11.7 Å². The normalized spacial score (nSPS) is 13.1. The number of benzene rings is 1. The molecule has 0 fully saturated rings. The smallest absolute Gasteiger partial charge is 0.416 e. The van der Waals surface area contributed by atoms with Crippen LogP contribution in [0.4, 0.5) is 13.2 Å². The molecule has 0 aliphatic carbocycles. The molecule has 130 valence electrons. The number of nitrogens with one attached hydrogen (secondary N) is 1. The molecule has 1 heterocycles. The molecule has 0 radical (unpaired) electrons. The molecule has 24 heavy (non-hydrogen) atoms. The highest BCUT2D eigenvalue weighted by Crippen LogP contribution is 2.29. The maximum Gasteiger partial charge on any atom is 0.416 e. The van der Waals surface area contributed by atoms with Gasteiger partial charge in [0.2, 0.25) is 5.91 Å². The third-order valence-corrected chi connectivity index (χ3v) is 3.49.